The van der Waals surface area contributed by atoms with Crippen LogP contribution in [-0.4, -0.2) is 0 Å². The van der Waals surface area contributed by atoms with Crippen LogP contribution in [0.3, 0.4) is 0 Å². The highest BCUT2D eigenvalue weighted by atomic mass is 14.5. The monoisotopic (exact) mass is 702 g/mol. The molecule has 0 amide bonds. The standard InChI is InChI=1S/C54H54/c1-7-19-37(20-8-1)43-31-49-50(32-44(43)38-21-9-2-10-22-38)52-34-46(40-25-13-4-14-26-40)48(42-29-17-6-18-30-42)36-54(52)53-35-47(41-27-15-5-16-28-41)45(33-51(49)53)39-23-11-3-12-24-39/h1-2,5-9,11,13,15,17-19,21,23-27,29,32,34-37,42-43,45,52,54H,3-4,10,12,14,16,20,22,28,30-31,33H2. The van der Waals surface area contributed by atoms with E-state index in [2.05, 4.69) is 146 Å². The topological polar surface area (TPSA) is 0 Å². The van der Waals surface area contributed by atoms with Gasteiger partial charge in [-0.1, -0.05) is 146 Å². The second kappa shape index (κ2) is 14.9. The summed E-state index contributed by atoms with van der Waals surface area (Å²) in [5.74, 6) is 2.52. The molecule has 54 heavy (non-hydrogen) atoms. The van der Waals surface area contributed by atoms with Gasteiger partial charge in [0.05, 0.1) is 0 Å². The molecule has 0 aromatic rings. The van der Waals surface area contributed by atoms with Crippen molar-refractivity contribution < 1.29 is 0 Å². The van der Waals surface area contributed by atoms with Gasteiger partial charge in [-0.15, -0.1) is 0 Å². The van der Waals surface area contributed by atoms with Crippen LogP contribution in [0.15, 0.2) is 213 Å². The molecule has 10 aliphatic carbocycles. The average molecular weight is 703 g/mol. The van der Waals surface area contributed by atoms with E-state index in [9.17, 15) is 0 Å². The quantitative estimate of drug-likeness (QED) is 0.258. The fraction of sp³-hybridized carbons (Fsp3) is 0.333. The van der Waals surface area contributed by atoms with Gasteiger partial charge in [0.25, 0.3) is 0 Å². The van der Waals surface area contributed by atoms with Gasteiger partial charge >= 0.3 is 0 Å². The van der Waals surface area contributed by atoms with Crippen molar-refractivity contribution in [2.24, 2.45) is 35.5 Å². The maximum Gasteiger partial charge on any atom is 0.0134 e. The molecule has 270 valence electrons. The van der Waals surface area contributed by atoms with Crippen molar-refractivity contribution in [3.63, 3.8) is 0 Å². The van der Waals surface area contributed by atoms with Gasteiger partial charge in [-0.05, 0) is 156 Å². The van der Waals surface area contributed by atoms with Crippen molar-refractivity contribution in [3.05, 3.63) is 213 Å². The number of allylic oxidation sites excluding steroid dienone is 36. The van der Waals surface area contributed by atoms with Gasteiger partial charge in [0.2, 0.25) is 0 Å². The minimum absolute atomic E-state index is 0.331. The van der Waals surface area contributed by atoms with Crippen LogP contribution in [0.25, 0.3) is 0 Å². The van der Waals surface area contributed by atoms with Crippen LogP contribution in [0.4, 0.5) is 0 Å². The first kappa shape index (κ1) is 33.9. The predicted molar refractivity (Wildman–Crippen MR) is 228 cm³/mol. The van der Waals surface area contributed by atoms with E-state index in [1.165, 1.54) is 16.7 Å². The molecule has 0 bridgehead atoms. The second-order valence-electron chi connectivity index (χ2n) is 16.9. The highest BCUT2D eigenvalue weighted by Gasteiger charge is 2.44. The van der Waals surface area contributed by atoms with Gasteiger partial charge in [-0.2, -0.15) is 0 Å². The van der Waals surface area contributed by atoms with E-state index in [4.69, 9.17) is 0 Å². The number of hydrogen-bond acceptors (Lipinski definition) is 0. The summed E-state index contributed by atoms with van der Waals surface area (Å²) in [6.45, 7) is 0. The summed E-state index contributed by atoms with van der Waals surface area (Å²) in [5.41, 5.74) is 18.9. The first-order chi connectivity index (χ1) is 26.8. The van der Waals surface area contributed by atoms with Crippen molar-refractivity contribution in [2.75, 3.05) is 0 Å². The SMILES string of the molecule is C1=CCCC(C2=CC3=C(CC2C2=CCCC=C2)C2=C(C=C(C4=CC=CCC4)C(C4C=CC=CC4)C2)C2C=C(C4=CCCC=C4)C(C4C=CC=CC4)=CC32)=C1. The molecule has 0 fully saturated rings. The molecule has 6 unspecified atom stereocenters. The van der Waals surface area contributed by atoms with E-state index in [-0.39, 0.29) is 0 Å². The van der Waals surface area contributed by atoms with Crippen LogP contribution in [0.1, 0.15) is 77.0 Å². The predicted octanol–water partition coefficient (Wildman–Crippen LogP) is 14.0. The number of rotatable bonds is 6. The molecule has 0 aromatic heterocycles. The van der Waals surface area contributed by atoms with Crippen molar-refractivity contribution in [2.45, 2.75) is 77.0 Å². The van der Waals surface area contributed by atoms with Crippen LogP contribution in [0.2, 0.25) is 0 Å². The van der Waals surface area contributed by atoms with Gasteiger partial charge in [0, 0.05) is 23.7 Å². The van der Waals surface area contributed by atoms with Gasteiger partial charge < -0.3 is 0 Å². The number of fused-ring (bicyclic) bond motifs is 4. The Hall–Kier alpha value is -4.68. The molecule has 0 saturated heterocycles. The molecular formula is C54H54. The molecule has 0 nitrogen and oxygen atoms in total. The zero-order valence-electron chi connectivity index (χ0n) is 31.8. The molecule has 0 radical (unpaired) electrons. The van der Waals surface area contributed by atoms with E-state index in [0.29, 0.717) is 35.5 Å². The average Bonchev–Trinajstić information content (AvgIpc) is 3.27. The lowest BCUT2D eigenvalue weighted by molar-refractivity contribution is 0.431. The smallest absolute Gasteiger partial charge is 0.0134 e. The zero-order valence-corrected chi connectivity index (χ0v) is 31.8. The summed E-state index contributed by atoms with van der Waals surface area (Å²) in [7, 11) is 0. The van der Waals surface area contributed by atoms with Gasteiger partial charge in [-0.3, -0.25) is 0 Å². The minimum atomic E-state index is 0.331. The van der Waals surface area contributed by atoms with Crippen molar-refractivity contribution in [1.29, 1.82) is 0 Å². The summed E-state index contributed by atoms with van der Waals surface area (Å²) >= 11 is 0. The molecule has 0 N–H and O–H groups in total. The zero-order chi connectivity index (χ0) is 35.8. The van der Waals surface area contributed by atoms with Crippen molar-refractivity contribution in [3.8, 4) is 0 Å². The highest BCUT2D eigenvalue weighted by molar-refractivity contribution is 5.68. The van der Waals surface area contributed by atoms with Gasteiger partial charge in [0.15, 0.2) is 0 Å². The molecule has 0 saturated carbocycles. The van der Waals surface area contributed by atoms with Crippen LogP contribution < -0.4 is 0 Å². The molecule has 0 aromatic carbocycles. The van der Waals surface area contributed by atoms with Crippen LogP contribution in [-0.2, 0) is 0 Å². The Bertz CT molecular complexity index is 2180. The Kier molecular flexibility index (Phi) is 9.32. The summed E-state index contributed by atoms with van der Waals surface area (Å²) < 4.78 is 0. The first-order valence-corrected chi connectivity index (χ1v) is 21.3. The Morgan fingerprint density at radius 2 is 1.22 bits per heavy atom. The molecular weight excluding hydrogens is 649 g/mol. The number of hydrogen-bond donors (Lipinski definition) is 0. The maximum atomic E-state index is 2.77. The Labute approximate surface area is 324 Å². The Balaban J connectivity index is 1.19. The van der Waals surface area contributed by atoms with E-state index in [1.807, 2.05) is 0 Å². The molecule has 10 rings (SSSR count). The van der Waals surface area contributed by atoms with Crippen molar-refractivity contribution >= 4 is 0 Å². The molecule has 10 aliphatic rings. The lowest BCUT2D eigenvalue weighted by Crippen LogP contribution is -2.33. The van der Waals surface area contributed by atoms with E-state index < -0.39 is 0 Å². The fourth-order valence-corrected chi connectivity index (χ4v) is 11.1. The summed E-state index contributed by atoms with van der Waals surface area (Å²) in [6.07, 6.45) is 72.6. The Morgan fingerprint density at radius 3 is 1.89 bits per heavy atom. The van der Waals surface area contributed by atoms with Crippen LogP contribution >= 0.6 is 0 Å². The van der Waals surface area contributed by atoms with Crippen molar-refractivity contribution in [1.82, 2.24) is 0 Å². The molecule has 0 aliphatic heterocycles. The van der Waals surface area contributed by atoms with Gasteiger partial charge in [0.1, 0.15) is 0 Å². The maximum absolute atomic E-state index is 2.77. The van der Waals surface area contributed by atoms with E-state index >= 15 is 0 Å². The largest absolute Gasteiger partial charge is 0.0842 e. The third-order valence-corrected chi connectivity index (χ3v) is 13.8. The van der Waals surface area contributed by atoms with E-state index in [0.717, 1.165) is 77.0 Å². The first-order valence-electron chi connectivity index (χ1n) is 21.3. The third-order valence-electron chi connectivity index (χ3n) is 13.8. The second-order valence-corrected chi connectivity index (χ2v) is 16.9. The molecule has 0 heterocycles. The highest BCUT2D eigenvalue weighted by Crippen LogP contribution is 2.57. The fourth-order valence-electron chi connectivity index (χ4n) is 11.1. The summed E-state index contributed by atoms with van der Waals surface area (Å²) in [5, 5.41) is 0. The minimum Gasteiger partial charge on any atom is -0.0842 e. The van der Waals surface area contributed by atoms with E-state index in [1.54, 1.807) is 50.2 Å². The Morgan fingerprint density at radius 1 is 0.519 bits per heavy atom. The molecule has 0 heteroatoms. The van der Waals surface area contributed by atoms with Crippen LogP contribution in [0, 0.1) is 35.5 Å². The molecule has 6 atom stereocenters. The summed E-state index contributed by atoms with van der Waals surface area (Å²) in [6, 6.07) is 0. The summed E-state index contributed by atoms with van der Waals surface area (Å²) in [4.78, 5) is 0. The molecule has 0 spiro atoms. The van der Waals surface area contributed by atoms with Crippen LogP contribution in [0.5, 0.6) is 0 Å². The lowest BCUT2D eigenvalue weighted by Gasteiger charge is -2.46. The third kappa shape index (κ3) is 6.26. The normalized spacial score (nSPS) is 32.4. The van der Waals surface area contributed by atoms with Gasteiger partial charge in [-0.25, -0.2) is 0 Å². The lowest BCUT2D eigenvalue weighted by atomic mass is 9.58.